The Morgan fingerprint density at radius 2 is 0.789 bits per heavy atom. The van der Waals surface area contributed by atoms with Crippen molar-refractivity contribution >= 4 is 5.91 Å². The van der Waals surface area contributed by atoms with Crippen LogP contribution in [-0.2, 0) is 33.2 Å². The summed E-state index contributed by atoms with van der Waals surface area (Å²) in [6, 6.07) is -0.878. The smallest absolute Gasteiger partial charge is 0.220 e. The molecular weight excluding hydrogens is 927 g/mol. The maximum Gasteiger partial charge on any atom is 0.220 e. The molecule has 0 aliphatic carbocycles. The molecule has 0 aromatic rings. The van der Waals surface area contributed by atoms with E-state index < -0.39 is 124 Å². The van der Waals surface area contributed by atoms with Gasteiger partial charge < -0.3 is 89.9 Å². The lowest BCUT2D eigenvalue weighted by atomic mass is 9.96. The number of carbonyl (C=O) groups excluding carboxylic acids is 1. The van der Waals surface area contributed by atoms with Crippen molar-refractivity contribution in [3.05, 3.63) is 0 Å². The van der Waals surface area contributed by atoms with E-state index in [0.29, 0.717) is 6.42 Å². The van der Waals surface area contributed by atoms with E-state index in [2.05, 4.69) is 12.2 Å². The number of hydrogen-bond acceptors (Lipinski definition) is 18. The molecule has 1 amide bonds. The van der Waals surface area contributed by atoms with Gasteiger partial charge in [-0.05, 0) is 6.42 Å². The summed E-state index contributed by atoms with van der Waals surface area (Å²) in [5, 5.41) is 119. The first-order valence-electron chi connectivity index (χ1n) is 27.8. The molecule has 3 fully saturated rings. The summed E-state index contributed by atoms with van der Waals surface area (Å²) in [5.41, 5.74) is 0. The van der Waals surface area contributed by atoms with Crippen molar-refractivity contribution in [2.24, 2.45) is 0 Å². The van der Waals surface area contributed by atoms with Crippen LogP contribution in [0.3, 0.4) is 0 Å². The van der Waals surface area contributed by atoms with Crippen LogP contribution < -0.4 is 5.32 Å². The SMILES string of the molecule is CCCCCCCCCCCCCCCCCCCCCCCCCCCCC(O)C(COC1OC(CO)C(OC2OC(CO)C(OC3OC(CO)C(O)C(O)C3O)C(O)C2O)C(O)C1O)NC(=O)CC. The maximum absolute atomic E-state index is 12.4. The maximum atomic E-state index is 12.4. The van der Waals surface area contributed by atoms with E-state index in [1.807, 2.05) is 0 Å². The van der Waals surface area contributed by atoms with E-state index in [0.717, 1.165) is 25.7 Å². The molecule has 0 bridgehead atoms. The van der Waals surface area contributed by atoms with Crippen molar-refractivity contribution in [1.29, 1.82) is 0 Å². The molecule has 3 heterocycles. The zero-order valence-electron chi connectivity index (χ0n) is 43.2. The Hall–Kier alpha value is -1.21. The minimum absolute atomic E-state index is 0.150. The molecule has 0 spiro atoms. The molecule has 71 heavy (non-hydrogen) atoms. The van der Waals surface area contributed by atoms with Crippen LogP contribution in [0.25, 0.3) is 0 Å². The van der Waals surface area contributed by atoms with Crippen molar-refractivity contribution in [2.75, 3.05) is 26.4 Å². The van der Waals surface area contributed by atoms with Gasteiger partial charge in [-0.25, -0.2) is 0 Å². The van der Waals surface area contributed by atoms with Gasteiger partial charge in [0.2, 0.25) is 5.91 Å². The summed E-state index contributed by atoms with van der Waals surface area (Å²) >= 11 is 0. The zero-order valence-corrected chi connectivity index (χ0v) is 43.2. The minimum atomic E-state index is -1.96. The van der Waals surface area contributed by atoms with Gasteiger partial charge in [0, 0.05) is 6.42 Å². The van der Waals surface area contributed by atoms with E-state index in [1.54, 1.807) is 6.92 Å². The molecule has 0 aromatic heterocycles. The standard InChI is InChI=1S/C52H99NO18/c1-3-5-6-7-8-9-10-11-12-13-14-15-16-17-18-19-20-21-22-23-24-25-26-27-28-29-30-36(57)35(53-40(58)4-2)34-66-50-46(64)43(61)48(38(32-55)68-50)71-52-47(65)44(62)49(39(33-56)69-52)70-51-45(63)42(60)41(59)37(31-54)67-51/h35-39,41-52,54-57,59-65H,3-34H2,1-2H3,(H,53,58). The lowest BCUT2D eigenvalue weighted by molar-refractivity contribution is -0.379. The predicted molar refractivity (Wildman–Crippen MR) is 264 cm³/mol. The molecule has 0 aromatic carbocycles. The average molecular weight is 1030 g/mol. The Balaban J connectivity index is 1.30. The van der Waals surface area contributed by atoms with Crippen molar-refractivity contribution in [1.82, 2.24) is 5.32 Å². The van der Waals surface area contributed by atoms with Crippen molar-refractivity contribution in [3.8, 4) is 0 Å². The number of unbranched alkanes of at least 4 members (excludes halogenated alkanes) is 25. The number of rotatable bonds is 40. The van der Waals surface area contributed by atoms with Gasteiger partial charge >= 0.3 is 0 Å². The van der Waals surface area contributed by atoms with E-state index in [1.165, 1.54) is 141 Å². The van der Waals surface area contributed by atoms with Gasteiger partial charge in [0.25, 0.3) is 0 Å². The van der Waals surface area contributed by atoms with E-state index in [9.17, 15) is 61.0 Å². The van der Waals surface area contributed by atoms with Crippen LogP contribution in [0.15, 0.2) is 0 Å². The van der Waals surface area contributed by atoms with Crippen LogP contribution in [0.2, 0.25) is 0 Å². The van der Waals surface area contributed by atoms with Crippen LogP contribution in [-0.4, -0.2) is 193 Å². The second-order valence-corrected chi connectivity index (χ2v) is 20.4. The number of hydrogen-bond donors (Lipinski definition) is 12. The second-order valence-electron chi connectivity index (χ2n) is 20.4. The fraction of sp³-hybridized carbons (Fsp3) is 0.981. The lowest BCUT2D eigenvalue weighted by Crippen LogP contribution is -2.66. The summed E-state index contributed by atoms with van der Waals surface area (Å²) in [6.45, 7) is 1.24. The molecule has 17 unspecified atom stereocenters. The first-order chi connectivity index (χ1) is 34.3. The number of amides is 1. The summed E-state index contributed by atoms with van der Waals surface area (Å²) in [7, 11) is 0. The predicted octanol–water partition coefficient (Wildman–Crippen LogP) is 3.26. The quantitative estimate of drug-likeness (QED) is 0.0392. The van der Waals surface area contributed by atoms with Crippen molar-refractivity contribution in [3.63, 3.8) is 0 Å². The van der Waals surface area contributed by atoms with Gasteiger partial charge in [0.15, 0.2) is 18.9 Å². The molecule has 19 heteroatoms. The Labute approximate surface area is 423 Å². The largest absolute Gasteiger partial charge is 0.394 e. The highest BCUT2D eigenvalue weighted by atomic mass is 16.8. The highest BCUT2D eigenvalue weighted by Gasteiger charge is 2.53. The van der Waals surface area contributed by atoms with Crippen molar-refractivity contribution < 1.29 is 89.4 Å². The fourth-order valence-electron chi connectivity index (χ4n) is 9.81. The fourth-order valence-corrected chi connectivity index (χ4v) is 9.81. The molecule has 0 saturated carbocycles. The van der Waals surface area contributed by atoms with Gasteiger partial charge in [-0.3, -0.25) is 4.79 Å². The first-order valence-corrected chi connectivity index (χ1v) is 27.8. The number of aliphatic hydroxyl groups is 11. The third kappa shape index (κ3) is 22.9. The normalized spacial score (nSPS) is 32.2. The van der Waals surface area contributed by atoms with Crippen LogP contribution in [0.1, 0.15) is 194 Å². The third-order valence-electron chi connectivity index (χ3n) is 14.5. The second kappa shape index (κ2) is 37.5. The number of aliphatic hydroxyl groups excluding tert-OH is 11. The van der Waals surface area contributed by atoms with E-state index in [4.69, 9.17) is 28.4 Å². The molecule has 0 radical (unpaired) electrons. The minimum Gasteiger partial charge on any atom is -0.394 e. The highest BCUT2D eigenvalue weighted by molar-refractivity contribution is 5.75. The number of carbonyl (C=O) groups is 1. The third-order valence-corrected chi connectivity index (χ3v) is 14.5. The lowest BCUT2D eigenvalue weighted by Gasteiger charge is -2.48. The molecular formula is C52H99NO18. The highest BCUT2D eigenvalue weighted by Crippen LogP contribution is 2.33. The summed E-state index contributed by atoms with van der Waals surface area (Å²) < 4.78 is 33.8. The van der Waals surface area contributed by atoms with Crippen LogP contribution >= 0.6 is 0 Å². The van der Waals surface area contributed by atoms with Crippen molar-refractivity contribution in [2.45, 2.75) is 298 Å². The molecule has 420 valence electrons. The first kappa shape index (κ1) is 64.1. The van der Waals surface area contributed by atoms with Gasteiger partial charge in [0.05, 0.1) is 38.6 Å². The zero-order chi connectivity index (χ0) is 52.0. The Bertz CT molecular complexity index is 1320. The Morgan fingerprint density at radius 1 is 0.451 bits per heavy atom. The average Bonchev–Trinajstić information content (AvgIpc) is 3.37. The Kier molecular flexibility index (Phi) is 33.9. The van der Waals surface area contributed by atoms with Gasteiger partial charge in [-0.1, -0.05) is 181 Å². The van der Waals surface area contributed by atoms with Crippen LogP contribution in [0, 0.1) is 0 Å². The molecule has 17 atom stereocenters. The molecule has 3 saturated heterocycles. The van der Waals surface area contributed by atoms with Gasteiger partial charge in [-0.2, -0.15) is 0 Å². The Morgan fingerprint density at radius 3 is 1.17 bits per heavy atom. The van der Waals surface area contributed by atoms with Gasteiger partial charge in [-0.15, -0.1) is 0 Å². The number of ether oxygens (including phenoxy) is 6. The topological polar surface area (TPSA) is 307 Å². The van der Waals surface area contributed by atoms with Gasteiger partial charge in [0.1, 0.15) is 73.2 Å². The molecule has 3 rings (SSSR count). The van der Waals surface area contributed by atoms with E-state index >= 15 is 0 Å². The molecule has 12 N–H and O–H groups in total. The monoisotopic (exact) mass is 1030 g/mol. The van der Waals surface area contributed by atoms with Crippen LogP contribution in [0.4, 0.5) is 0 Å². The number of nitrogens with one attached hydrogen (secondary N) is 1. The molecule has 3 aliphatic heterocycles. The molecule has 3 aliphatic rings. The summed E-state index contributed by atoms with van der Waals surface area (Å²) in [6.07, 6.45) is 7.91. The molecule has 19 nitrogen and oxygen atoms in total. The summed E-state index contributed by atoms with van der Waals surface area (Å²) in [4.78, 5) is 12.4. The van der Waals surface area contributed by atoms with Crippen LogP contribution in [0.5, 0.6) is 0 Å². The van der Waals surface area contributed by atoms with E-state index in [-0.39, 0.29) is 18.9 Å². The summed E-state index contributed by atoms with van der Waals surface area (Å²) in [5.74, 6) is -0.329.